The third kappa shape index (κ3) is 3.52. The van der Waals surface area contributed by atoms with Gasteiger partial charge in [-0.3, -0.25) is 4.90 Å². The molecule has 0 spiro atoms. The fourth-order valence-electron chi connectivity index (χ4n) is 2.13. The molecule has 0 saturated heterocycles. The quantitative estimate of drug-likeness (QED) is 0.650. The van der Waals surface area contributed by atoms with Gasteiger partial charge in [-0.15, -0.1) is 11.3 Å². The summed E-state index contributed by atoms with van der Waals surface area (Å²) in [6.07, 6.45) is 0. The SMILES string of the molecule is CN(Cc1ccc(Cl)cc1)Cc1nc(Cl)c2ccsc2n1. The van der Waals surface area contributed by atoms with Crippen LogP contribution < -0.4 is 0 Å². The normalized spacial score (nSPS) is 11.4. The highest BCUT2D eigenvalue weighted by atomic mass is 35.5. The van der Waals surface area contributed by atoms with E-state index in [1.165, 1.54) is 5.56 Å². The van der Waals surface area contributed by atoms with Crippen molar-refractivity contribution in [3.8, 4) is 0 Å². The molecule has 0 N–H and O–H groups in total. The van der Waals surface area contributed by atoms with Crippen LogP contribution >= 0.6 is 34.5 Å². The molecule has 0 fully saturated rings. The van der Waals surface area contributed by atoms with Crippen LogP contribution in [-0.4, -0.2) is 21.9 Å². The van der Waals surface area contributed by atoms with Gasteiger partial charge in [0.15, 0.2) is 0 Å². The van der Waals surface area contributed by atoms with Crippen LogP contribution in [0, 0.1) is 0 Å². The molecule has 3 aromatic rings. The molecular formula is C15H13Cl2N3S. The van der Waals surface area contributed by atoms with Gasteiger partial charge in [0.05, 0.1) is 6.54 Å². The van der Waals surface area contributed by atoms with Crippen molar-refractivity contribution in [1.82, 2.24) is 14.9 Å². The molecule has 1 aromatic carbocycles. The van der Waals surface area contributed by atoms with Gasteiger partial charge in [-0.25, -0.2) is 9.97 Å². The lowest BCUT2D eigenvalue weighted by Crippen LogP contribution is -2.18. The molecule has 2 aromatic heterocycles. The van der Waals surface area contributed by atoms with Crippen LogP contribution in [0.1, 0.15) is 11.4 Å². The monoisotopic (exact) mass is 337 g/mol. The molecule has 2 heterocycles. The minimum Gasteiger partial charge on any atom is -0.295 e. The third-order valence-corrected chi connectivity index (χ3v) is 4.45. The molecule has 0 amide bonds. The Morgan fingerprint density at radius 2 is 1.81 bits per heavy atom. The zero-order valence-electron chi connectivity index (χ0n) is 11.4. The molecule has 0 radical (unpaired) electrons. The number of rotatable bonds is 4. The molecule has 3 nitrogen and oxygen atoms in total. The predicted octanol–water partition coefficient (Wildman–Crippen LogP) is 4.63. The number of halogens is 2. The van der Waals surface area contributed by atoms with E-state index < -0.39 is 0 Å². The van der Waals surface area contributed by atoms with E-state index in [0.29, 0.717) is 11.7 Å². The minimum absolute atomic E-state index is 0.524. The second-order valence-corrected chi connectivity index (χ2v) is 6.56. The van der Waals surface area contributed by atoms with Crippen molar-refractivity contribution < 1.29 is 0 Å². The van der Waals surface area contributed by atoms with Crippen LogP contribution in [0.25, 0.3) is 10.2 Å². The standard InChI is InChI=1S/C15H13Cl2N3S/c1-20(8-10-2-4-11(16)5-3-10)9-13-18-14(17)12-6-7-21-15(12)19-13/h2-7H,8-9H2,1H3. The Labute approximate surface area is 137 Å². The Morgan fingerprint density at radius 1 is 1.05 bits per heavy atom. The number of benzene rings is 1. The Morgan fingerprint density at radius 3 is 2.57 bits per heavy atom. The molecule has 0 aliphatic carbocycles. The van der Waals surface area contributed by atoms with Crippen molar-refractivity contribution >= 4 is 44.8 Å². The summed E-state index contributed by atoms with van der Waals surface area (Å²) < 4.78 is 0. The highest BCUT2D eigenvalue weighted by Gasteiger charge is 2.09. The van der Waals surface area contributed by atoms with Gasteiger partial charge in [0.1, 0.15) is 15.8 Å². The lowest BCUT2D eigenvalue weighted by atomic mass is 10.2. The van der Waals surface area contributed by atoms with Crippen LogP contribution in [0.15, 0.2) is 35.7 Å². The molecular weight excluding hydrogens is 325 g/mol. The zero-order chi connectivity index (χ0) is 14.8. The van der Waals surface area contributed by atoms with E-state index in [-0.39, 0.29) is 0 Å². The summed E-state index contributed by atoms with van der Waals surface area (Å²) in [7, 11) is 2.03. The number of aromatic nitrogens is 2. The average Bonchev–Trinajstić information content (AvgIpc) is 2.90. The van der Waals surface area contributed by atoms with Gasteiger partial charge in [-0.1, -0.05) is 35.3 Å². The fraction of sp³-hybridized carbons (Fsp3) is 0.200. The van der Waals surface area contributed by atoms with Gasteiger partial charge in [0, 0.05) is 17.0 Å². The molecule has 0 aliphatic heterocycles. The van der Waals surface area contributed by atoms with Crippen LogP contribution in [0.4, 0.5) is 0 Å². The second-order valence-electron chi connectivity index (χ2n) is 4.87. The van der Waals surface area contributed by atoms with Crippen LogP contribution in [0.5, 0.6) is 0 Å². The van der Waals surface area contributed by atoms with Crippen molar-refractivity contribution in [2.75, 3.05) is 7.05 Å². The van der Waals surface area contributed by atoms with Gasteiger partial charge in [-0.2, -0.15) is 0 Å². The van der Waals surface area contributed by atoms with E-state index in [9.17, 15) is 0 Å². The maximum atomic E-state index is 6.19. The summed E-state index contributed by atoms with van der Waals surface area (Å²) in [5, 5.41) is 4.17. The highest BCUT2D eigenvalue weighted by Crippen LogP contribution is 2.25. The summed E-state index contributed by atoms with van der Waals surface area (Å²) >= 11 is 13.7. The van der Waals surface area contributed by atoms with Crippen molar-refractivity contribution in [1.29, 1.82) is 0 Å². The van der Waals surface area contributed by atoms with E-state index in [2.05, 4.69) is 14.9 Å². The van der Waals surface area contributed by atoms with E-state index in [4.69, 9.17) is 23.2 Å². The molecule has 0 atom stereocenters. The summed E-state index contributed by atoms with van der Waals surface area (Å²) in [5.74, 6) is 0.742. The molecule has 3 rings (SSSR count). The zero-order valence-corrected chi connectivity index (χ0v) is 13.7. The first-order valence-corrected chi connectivity index (χ1v) is 8.08. The molecule has 108 valence electrons. The van der Waals surface area contributed by atoms with Crippen molar-refractivity contribution in [3.63, 3.8) is 0 Å². The number of thiophene rings is 1. The Kier molecular flexibility index (Phi) is 4.40. The fourth-order valence-corrected chi connectivity index (χ4v) is 3.34. The second kappa shape index (κ2) is 6.28. The van der Waals surface area contributed by atoms with Crippen LogP contribution in [0.2, 0.25) is 10.2 Å². The van der Waals surface area contributed by atoms with E-state index in [0.717, 1.165) is 27.6 Å². The van der Waals surface area contributed by atoms with Crippen molar-refractivity contribution in [3.05, 3.63) is 57.3 Å². The number of hydrogen-bond acceptors (Lipinski definition) is 4. The van der Waals surface area contributed by atoms with Gasteiger partial charge < -0.3 is 0 Å². The van der Waals surface area contributed by atoms with Crippen LogP contribution in [0.3, 0.4) is 0 Å². The van der Waals surface area contributed by atoms with E-state index >= 15 is 0 Å². The third-order valence-electron chi connectivity index (χ3n) is 3.10. The molecule has 21 heavy (non-hydrogen) atoms. The number of fused-ring (bicyclic) bond motifs is 1. The topological polar surface area (TPSA) is 29.0 Å². The smallest absolute Gasteiger partial charge is 0.145 e. The molecule has 0 saturated carbocycles. The first kappa shape index (κ1) is 14.7. The predicted molar refractivity (Wildman–Crippen MR) is 89.0 cm³/mol. The maximum Gasteiger partial charge on any atom is 0.145 e. The van der Waals surface area contributed by atoms with Gasteiger partial charge in [-0.05, 0) is 36.2 Å². The summed E-state index contributed by atoms with van der Waals surface area (Å²) in [5.41, 5.74) is 1.20. The van der Waals surface area contributed by atoms with Gasteiger partial charge in [0.25, 0.3) is 0 Å². The molecule has 0 unspecified atom stereocenters. The molecule has 0 bridgehead atoms. The Hall–Kier alpha value is -1.20. The first-order valence-electron chi connectivity index (χ1n) is 6.44. The molecule has 6 heteroatoms. The Balaban J connectivity index is 1.73. The Bertz CT molecular complexity index is 755. The van der Waals surface area contributed by atoms with E-state index in [1.54, 1.807) is 11.3 Å². The largest absolute Gasteiger partial charge is 0.295 e. The van der Waals surface area contributed by atoms with E-state index in [1.807, 2.05) is 42.8 Å². The average molecular weight is 338 g/mol. The van der Waals surface area contributed by atoms with Crippen LogP contribution in [-0.2, 0) is 13.1 Å². The van der Waals surface area contributed by atoms with Gasteiger partial charge >= 0.3 is 0 Å². The number of nitrogens with zero attached hydrogens (tertiary/aromatic N) is 3. The van der Waals surface area contributed by atoms with Crippen molar-refractivity contribution in [2.24, 2.45) is 0 Å². The highest BCUT2D eigenvalue weighted by molar-refractivity contribution is 7.16. The summed E-state index contributed by atoms with van der Waals surface area (Å²) in [4.78, 5) is 12.0. The first-order chi connectivity index (χ1) is 10.1. The molecule has 0 aliphatic rings. The maximum absolute atomic E-state index is 6.19. The van der Waals surface area contributed by atoms with Gasteiger partial charge in [0.2, 0.25) is 0 Å². The minimum atomic E-state index is 0.524. The lowest BCUT2D eigenvalue weighted by Gasteiger charge is -2.16. The lowest BCUT2D eigenvalue weighted by molar-refractivity contribution is 0.311. The van der Waals surface area contributed by atoms with Crippen molar-refractivity contribution in [2.45, 2.75) is 13.1 Å². The number of hydrogen-bond donors (Lipinski definition) is 0. The summed E-state index contributed by atoms with van der Waals surface area (Å²) in [6.45, 7) is 1.46. The summed E-state index contributed by atoms with van der Waals surface area (Å²) in [6, 6.07) is 9.79.